The molecule has 15 heavy (non-hydrogen) atoms. The van der Waals surface area contributed by atoms with E-state index in [9.17, 15) is 5.11 Å². The zero-order valence-electron chi connectivity index (χ0n) is 9.13. The van der Waals surface area contributed by atoms with Crippen LogP contribution in [-0.2, 0) is 0 Å². The van der Waals surface area contributed by atoms with E-state index >= 15 is 0 Å². The van der Waals surface area contributed by atoms with Crippen molar-refractivity contribution in [2.24, 2.45) is 10.7 Å². The van der Waals surface area contributed by atoms with Crippen LogP contribution in [-0.4, -0.2) is 40.7 Å². The Labute approximate surface area is 90.5 Å². The van der Waals surface area contributed by atoms with E-state index in [0.29, 0.717) is 19.3 Å². The highest BCUT2D eigenvalue weighted by Crippen LogP contribution is 2.28. The van der Waals surface area contributed by atoms with Gasteiger partial charge in [-0.2, -0.15) is 0 Å². The van der Waals surface area contributed by atoms with Gasteiger partial charge in [0.05, 0.1) is 11.6 Å². The average Bonchev–Trinajstić information content (AvgIpc) is 2.51. The molecule has 3 atom stereocenters. The molecule has 1 rings (SSSR count). The molecule has 0 fully saturated rings. The van der Waals surface area contributed by atoms with Crippen LogP contribution in [0.25, 0.3) is 0 Å². The largest absolute Gasteiger partial charge is 0.396 e. The molecular weight excluding hydrogens is 192 g/mol. The fourth-order valence-corrected chi connectivity index (χ4v) is 1.94. The highest BCUT2D eigenvalue weighted by Gasteiger charge is 2.30. The van der Waals surface area contributed by atoms with Gasteiger partial charge in [0, 0.05) is 25.3 Å². The van der Waals surface area contributed by atoms with E-state index < -0.39 is 11.6 Å². The number of hydrogen-bond acceptors (Lipinski definition) is 4. The molecule has 0 aromatic rings. The summed E-state index contributed by atoms with van der Waals surface area (Å²) < 4.78 is 0. The van der Waals surface area contributed by atoms with Crippen molar-refractivity contribution < 1.29 is 10.2 Å². The Morgan fingerprint density at radius 1 is 1.53 bits per heavy atom. The minimum absolute atomic E-state index is 0.0134. The van der Waals surface area contributed by atoms with Gasteiger partial charge >= 0.3 is 0 Å². The Kier molecular flexibility index (Phi) is 4.45. The molecule has 3 unspecified atom stereocenters. The van der Waals surface area contributed by atoms with Gasteiger partial charge in [-0.15, -0.1) is 0 Å². The maximum Gasteiger partial charge on any atom is 0.0837 e. The SMILES string of the molecule is CC(N)CC(O)CC1(CCO)C=CC=N1. The summed E-state index contributed by atoms with van der Waals surface area (Å²) in [4.78, 5) is 4.31. The van der Waals surface area contributed by atoms with Crippen molar-refractivity contribution in [1.29, 1.82) is 0 Å². The number of aliphatic imine (C=N–C) groups is 1. The van der Waals surface area contributed by atoms with E-state index in [2.05, 4.69) is 4.99 Å². The van der Waals surface area contributed by atoms with Gasteiger partial charge in [-0.3, -0.25) is 4.99 Å². The molecule has 0 aromatic heterocycles. The van der Waals surface area contributed by atoms with Gasteiger partial charge in [-0.25, -0.2) is 0 Å². The van der Waals surface area contributed by atoms with E-state index in [1.165, 1.54) is 0 Å². The molecule has 4 nitrogen and oxygen atoms in total. The van der Waals surface area contributed by atoms with Crippen LogP contribution in [0, 0.1) is 0 Å². The van der Waals surface area contributed by atoms with Crippen molar-refractivity contribution >= 4 is 6.21 Å². The first kappa shape index (κ1) is 12.4. The molecule has 86 valence electrons. The fraction of sp³-hybridized carbons (Fsp3) is 0.727. The molecule has 4 heteroatoms. The third kappa shape index (κ3) is 3.74. The number of rotatable bonds is 6. The first-order chi connectivity index (χ1) is 7.08. The number of aliphatic hydroxyl groups is 2. The fourth-order valence-electron chi connectivity index (χ4n) is 1.94. The third-order valence-corrected chi connectivity index (χ3v) is 2.60. The molecule has 0 bridgehead atoms. The van der Waals surface area contributed by atoms with Crippen molar-refractivity contribution in [3.63, 3.8) is 0 Å². The highest BCUT2D eigenvalue weighted by atomic mass is 16.3. The molecule has 0 spiro atoms. The Morgan fingerprint density at radius 3 is 2.73 bits per heavy atom. The number of allylic oxidation sites excluding steroid dienone is 1. The third-order valence-electron chi connectivity index (χ3n) is 2.60. The smallest absolute Gasteiger partial charge is 0.0837 e. The number of nitrogens with zero attached hydrogens (tertiary/aromatic N) is 1. The van der Waals surface area contributed by atoms with Crippen LogP contribution >= 0.6 is 0 Å². The van der Waals surface area contributed by atoms with Crippen molar-refractivity contribution in [1.82, 2.24) is 0 Å². The maximum atomic E-state index is 9.80. The summed E-state index contributed by atoms with van der Waals surface area (Å²) in [6.07, 6.45) is 6.70. The molecule has 4 N–H and O–H groups in total. The first-order valence-corrected chi connectivity index (χ1v) is 5.35. The average molecular weight is 212 g/mol. The van der Waals surface area contributed by atoms with Crippen molar-refractivity contribution in [3.8, 4) is 0 Å². The molecule has 0 amide bonds. The summed E-state index contributed by atoms with van der Waals surface area (Å²) in [6, 6.07) is -0.0134. The van der Waals surface area contributed by atoms with E-state index in [4.69, 9.17) is 10.8 Å². The molecule has 0 radical (unpaired) electrons. The van der Waals surface area contributed by atoms with Crippen LogP contribution in [0.3, 0.4) is 0 Å². The van der Waals surface area contributed by atoms with Crippen LogP contribution in [0.2, 0.25) is 0 Å². The number of nitrogens with two attached hydrogens (primary N) is 1. The Balaban J connectivity index is 2.52. The second-order valence-corrected chi connectivity index (χ2v) is 4.29. The molecule has 1 aliphatic heterocycles. The Bertz CT molecular complexity index is 237. The van der Waals surface area contributed by atoms with E-state index in [0.717, 1.165) is 0 Å². The van der Waals surface area contributed by atoms with Gasteiger partial charge in [0.25, 0.3) is 0 Å². The van der Waals surface area contributed by atoms with Crippen molar-refractivity contribution in [3.05, 3.63) is 12.2 Å². The van der Waals surface area contributed by atoms with Gasteiger partial charge in [0.2, 0.25) is 0 Å². The lowest BCUT2D eigenvalue weighted by atomic mass is 9.88. The zero-order chi connectivity index (χ0) is 11.3. The van der Waals surface area contributed by atoms with Gasteiger partial charge in [0.15, 0.2) is 0 Å². The lowest BCUT2D eigenvalue weighted by Gasteiger charge is -2.26. The van der Waals surface area contributed by atoms with Crippen LogP contribution < -0.4 is 5.73 Å². The molecule has 1 heterocycles. The second-order valence-electron chi connectivity index (χ2n) is 4.29. The molecule has 0 aliphatic carbocycles. The lowest BCUT2D eigenvalue weighted by Crippen LogP contribution is -2.32. The maximum absolute atomic E-state index is 9.80. The molecule has 1 aliphatic rings. The Morgan fingerprint density at radius 2 is 2.27 bits per heavy atom. The van der Waals surface area contributed by atoms with Crippen LogP contribution in [0.5, 0.6) is 0 Å². The van der Waals surface area contributed by atoms with Gasteiger partial charge in [0.1, 0.15) is 0 Å². The summed E-state index contributed by atoms with van der Waals surface area (Å²) in [5.41, 5.74) is 5.21. The highest BCUT2D eigenvalue weighted by molar-refractivity contribution is 5.75. The summed E-state index contributed by atoms with van der Waals surface area (Å²) in [5.74, 6) is 0. The van der Waals surface area contributed by atoms with E-state index in [1.54, 1.807) is 6.21 Å². The normalized spacial score (nSPS) is 28.3. The predicted molar refractivity (Wildman–Crippen MR) is 61.0 cm³/mol. The summed E-state index contributed by atoms with van der Waals surface area (Å²) in [7, 11) is 0. The second kappa shape index (κ2) is 5.39. The molecular formula is C11H20N2O2. The summed E-state index contributed by atoms with van der Waals surface area (Å²) >= 11 is 0. The zero-order valence-corrected chi connectivity index (χ0v) is 9.13. The number of aliphatic hydroxyl groups excluding tert-OH is 2. The summed E-state index contributed by atoms with van der Waals surface area (Å²) in [6.45, 7) is 1.95. The van der Waals surface area contributed by atoms with E-state index in [1.807, 2.05) is 19.1 Å². The summed E-state index contributed by atoms with van der Waals surface area (Å²) in [5, 5.41) is 18.8. The minimum Gasteiger partial charge on any atom is -0.396 e. The van der Waals surface area contributed by atoms with Crippen LogP contribution in [0.4, 0.5) is 0 Å². The van der Waals surface area contributed by atoms with Crippen molar-refractivity contribution in [2.75, 3.05) is 6.61 Å². The molecule has 0 saturated carbocycles. The topological polar surface area (TPSA) is 78.8 Å². The van der Waals surface area contributed by atoms with Gasteiger partial charge in [-0.1, -0.05) is 6.08 Å². The van der Waals surface area contributed by atoms with Gasteiger partial charge in [-0.05, 0) is 25.8 Å². The minimum atomic E-state index is -0.462. The first-order valence-electron chi connectivity index (χ1n) is 5.35. The number of hydrogen-bond donors (Lipinski definition) is 3. The van der Waals surface area contributed by atoms with Crippen molar-refractivity contribution in [2.45, 2.75) is 43.9 Å². The van der Waals surface area contributed by atoms with Crippen LogP contribution in [0.15, 0.2) is 17.1 Å². The van der Waals surface area contributed by atoms with Gasteiger partial charge < -0.3 is 15.9 Å². The molecule has 0 aromatic carbocycles. The Hall–Kier alpha value is -0.710. The van der Waals surface area contributed by atoms with Crippen LogP contribution in [0.1, 0.15) is 26.2 Å². The molecule has 0 saturated heterocycles. The van der Waals surface area contributed by atoms with E-state index in [-0.39, 0.29) is 12.6 Å². The monoisotopic (exact) mass is 212 g/mol. The quantitative estimate of drug-likeness (QED) is 0.590. The lowest BCUT2D eigenvalue weighted by molar-refractivity contribution is 0.120. The standard InChI is InChI=1S/C11H20N2O2/c1-9(12)7-10(15)8-11(4-6-14)3-2-5-13-11/h2-3,5,9-10,14-15H,4,6-8,12H2,1H3. The predicted octanol–water partition coefficient (Wildman–Crippen LogP) is 0.236.